The molecule has 7 heteroatoms. The number of alkyl halides is 3. The highest BCUT2D eigenvalue weighted by Crippen LogP contribution is 2.38. The fraction of sp³-hybridized carbons (Fsp3) is 0.400. The Bertz CT molecular complexity index is 402. The van der Waals surface area contributed by atoms with Crippen molar-refractivity contribution in [3.05, 3.63) is 29.6 Å². The summed E-state index contributed by atoms with van der Waals surface area (Å²) in [6, 6.07) is 3.16. The molecule has 0 bridgehead atoms. The number of hydrogen-bond acceptors (Lipinski definition) is 3. The van der Waals surface area contributed by atoms with Crippen molar-refractivity contribution < 1.29 is 27.0 Å². The second kappa shape index (κ2) is 4.83. The lowest BCUT2D eigenvalue weighted by molar-refractivity contribution is -0.0468. The molecule has 1 aliphatic rings. The van der Waals surface area contributed by atoms with Crippen LogP contribution in [-0.4, -0.2) is 18.7 Å². The molecule has 0 radical (unpaired) electrons. The van der Waals surface area contributed by atoms with Gasteiger partial charge in [-0.05, 0) is 30.0 Å². The van der Waals surface area contributed by atoms with Crippen LogP contribution in [0.1, 0.15) is 11.9 Å². The highest BCUT2D eigenvalue weighted by molar-refractivity contribution is 8.00. The van der Waals surface area contributed by atoms with E-state index in [9.17, 15) is 17.6 Å². The largest absolute Gasteiger partial charge is 0.446 e. The Morgan fingerprint density at radius 2 is 1.82 bits per heavy atom. The minimum atomic E-state index is -4.40. The molecule has 1 heterocycles. The molecular weight excluding hydrogens is 260 g/mol. The van der Waals surface area contributed by atoms with Gasteiger partial charge in [-0.1, -0.05) is 0 Å². The molecule has 2 nitrogen and oxygen atoms in total. The third kappa shape index (κ3) is 3.34. The van der Waals surface area contributed by atoms with Crippen molar-refractivity contribution >= 4 is 11.8 Å². The summed E-state index contributed by atoms with van der Waals surface area (Å²) in [5, 5.41) is 0. The van der Waals surface area contributed by atoms with Crippen molar-refractivity contribution in [1.29, 1.82) is 0 Å². The van der Waals surface area contributed by atoms with Crippen LogP contribution in [0.15, 0.2) is 23.1 Å². The predicted octanol–water partition coefficient (Wildman–Crippen LogP) is 3.48. The maximum Gasteiger partial charge on any atom is 0.446 e. The average molecular weight is 268 g/mol. The zero-order chi connectivity index (χ0) is 12.5. The van der Waals surface area contributed by atoms with E-state index >= 15 is 0 Å². The lowest BCUT2D eigenvalue weighted by Crippen LogP contribution is -2.03. The van der Waals surface area contributed by atoms with Crippen molar-refractivity contribution in [2.45, 2.75) is 16.7 Å². The Balaban J connectivity index is 2.22. The van der Waals surface area contributed by atoms with E-state index in [1.165, 1.54) is 0 Å². The van der Waals surface area contributed by atoms with Crippen molar-refractivity contribution in [3.63, 3.8) is 0 Å². The minimum absolute atomic E-state index is 0.00301. The van der Waals surface area contributed by atoms with E-state index in [1.54, 1.807) is 0 Å². The molecule has 0 atom stereocenters. The lowest BCUT2D eigenvalue weighted by Gasteiger charge is -2.12. The fourth-order valence-electron chi connectivity index (χ4n) is 1.44. The van der Waals surface area contributed by atoms with Crippen molar-refractivity contribution in [1.82, 2.24) is 0 Å². The number of benzene rings is 1. The lowest BCUT2D eigenvalue weighted by atomic mass is 10.2. The van der Waals surface area contributed by atoms with Crippen LogP contribution in [0.3, 0.4) is 0 Å². The SMILES string of the molecule is Fc1ccc(SC(F)(F)F)cc1C1OCCO1. The molecule has 17 heavy (non-hydrogen) atoms. The molecule has 1 aliphatic heterocycles. The second-order valence-electron chi connectivity index (χ2n) is 3.30. The van der Waals surface area contributed by atoms with Gasteiger partial charge in [-0.2, -0.15) is 13.2 Å². The summed E-state index contributed by atoms with van der Waals surface area (Å²) in [5.74, 6) is -0.636. The first-order valence-electron chi connectivity index (χ1n) is 4.74. The van der Waals surface area contributed by atoms with E-state index in [0.29, 0.717) is 13.2 Å². The molecule has 0 aliphatic carbocycles. The van der Waals surface area contributed by atoms with Crippen LogP contribution in [0.5, 0.6) is 0 Å². The number of ether oxygens (including phenoxy) is 2. The van der Waals surface area contributed by atoms with Gasteiger partial charge in [-0.15, -0.1) is 0 Å². The zero-order valence-electron chi connectivity index (χ0n) is 8.46. The van der Waals surface area contributed by atoms with Crippen LogP contribution in [0.4, 0.5) is 17.6 Å². The Labute approximate surface area is 98.9 Å². The Morgan fingerprint density at radius 1 is 1.18 bits per heavy atom. The van der Waals surface area contributed by atoms with Gasteiger partial charge >= 0.3 is 5.51 Å². The van der Waals surface area contributed by atoms with Crippen LogP contribution in [-0.2, 0) is 9.47 Å². The van der Waals surface area contributed by atoms with Crippen LogP contribution in [0, 0.1) is 5.82 Å². The van der Waals surface area contributed by atoms with Crippen molar-refractivity contribution in [2.24, 2.45) is 0 Å². The molecule has 1 fully saturated rings. The van der Waals surface area contributed by atoms with E-state index in [1.807, 2.05) is 0 Å². The first-order valence-corrected chi connectivity index (χ1v) is 5.56. The topological polar surface area (TPSA) is 18.5 Å². The molecule has 0 unspecified atom stereocenters. The molecule has 0 spiro atoms. The summed E-state index contributed by atoms with van der Waals surface area (Å²) in [6.07, 6.45) is -0.913. The maximum absolute atomic E-state index is 13.4. The molecule has 2 rings (SSSR count). The number of halogens is 4. The van der Waals surface area contributed by atoms with Gasteiger partial charge in [0.25, 0.3) is 0 Å². The monoisotopic (exact) mass is 268 g/mol. The Hall–Kier alpha value is -0.790. The van der Waals surface area contributed by atoms with Gasteiger partial charge in [0.15, 0.2) is 6.29 Å². The van der Waals surface area contributed by atoms with E-state index < -0.39 is 17.6 Å². The van der Waals surface area contributed by atoms with Gasteiger partial charge in [0.2, 0.25) is 0 Å². The molecule has 94 valence electrons. The summed E-state index contributed by atoms with van der Waals surface area (Å²) in [5.41, 5.74) is -4.40. The van der Waals surface area contributed by atoms with Gasteiger partial charge in [-0.3, -0.25) is 0 Å². The van der Waals surface area contributed by atoms with Gasteiger partial charge in [-0.25, -0.2) is 4.39 Å². The summed E-state index contributed by atoms with van der Waals surface area (Å²) in [7, 11) is 0. The highest BCUT2D eigenvalue weighted by Gasteiger charge is 2.30. The molecule has 1 aromatic rings. The van der Waals surface area contributed by atoms with Gasteiger partial charge in [0.1, 0.15) is 5.82 Å². The normalized spacial score (nSPS) is 17.6. The van der Waals surface area contributed by atoms with Gasteiger partial charge in [0, 0.05) is 10.5 Å². The van der Waals surface area contributed by atoms with E-state index in [2.05, 4.69) is 0 Å². The minimum Gasteiger partial charge on any atom is -0.346 e. The molecular formula is C10H8F4O2S. The van der Waals surface area contributed by atoms with Gasteiger partial charge < -0.3 is 9.47 Å². The molecule has 1 aromatic carbocycles. The highest BCUT2D eigenvalue weighted by atomic mass is 32.2. The van der Waals surface area contributed by atoms with Crippen molar-refractivity contribution in [2.75, 3.05) is 13.2 Å². The molecule has 0 saturated carbocycles. The molecule has 0 N–H and O–H groups in total. The molecule has 0 aromatic heterocycles. The predicted molar refractivity (Wildman–Crippen MR) is 53.0 cm³/mol. The summed E-state index contributed by atoms with van der Waals surface area (Å²) in [6.45, 7) is 0.613. The quantitative estimate of drug-likeness (QED) is 0.604. The summed E-state index contributed by atoms with van der Waals surface area (Å²) < 4.78 is 60.0. The standard InChI is InChI=1S/C10H8F4O2S/c11-8-2-1-6(17-10(12,13)14)5-7(8)9-15-3-4-16-9/h1-2,5,9H,3-4H2. The third-order valence-electron chi connectivity index (χ3n) is 2.08. The first kappa shape index (κ1) is 12.7. The second-order valence-corrected chi connectivity index (χ2v) is 4.44. The summed E-state index contributed by atoms with van der Waals surface area (Å²) >= 11 is -0.295. The first-order chi connectivity index (χ1) is 7.96. The average Bonchev–Trinajstić information content (AvgIpc) is 2.72. The van der Waals surface area contributed by atoms with Crippen LogP contribution in [0.25, 0.3) is 0 Å². The smallest absolute Gasteiger partial charge is 0.346 e. The fourth-order valence-corrected chi connectivity index (χ4v) is 2.03. The van der Waals surface area contributed by atoms with Gasteiger partial charge in [0.05, 0.1) is 13.2 Å². The Morgan fingerprint density at radius 3 is 2.41 bits per heavy atom. The number of hydrogen-bond donors (Lipinski definition) is 0. The molecule has 1 saturated heterocycles. The number of rotatable bonds is 2. The maximum atomic E-state index is 13.4. The van der Waals surface area contributed by atoms with Crippen LogP contribution in [0.2, 0.25) is 0 Å². The van der Waals surface area contributed by atoms with E-state index in [0.717, 1.165) is 18.2 Å². The third-order valence-corrected chi connectivity index (χ3v) is 2.80. The molecule has 0 amide bonds. The van der Waals surface area contributed by atoms with E-state index in [4.69, 9.17) is 9.47 Å². The van der Waals surface area contributed by atoms with Crippen LogP contribution < -0.4 is 0 Å². The van der Waals surface area contributed by atoms with E-state index in [-0.39, 0.29) is 22.2 Å². The zero-order valence-corrected chi connectivity index (χ0v) is 9.28. The summed E-state index contributed by atoms with van der Waals surface area (Å²) in [4.78, 5) is -0.0898. The van der Waals surface area contributed by atoms with Crippen molar-refractivity contribution in [3.8, 4) is 0 Å². The Kier molecular flexibility index (Phi) is 3.60. The van der Waals surface area contributed by atoms with Crippen LogP contribution >= 0.6 is 11.8 Å². The number of thioether (sulfide) groups is 1.